The summed E-state index contributed by atoms with van der Waals surface area (Å²) in [4.78, 5) is 3.31. The van der Waals surface area contributed by atoms with E-state index in [0.29, 0.717) is 0 Å². The molecule has 0 saturated carbocycles. The predicted octanol–water partition coefficient (Wildman–Crippen LogP) is 0.905. The SMILES string of the molecule is C/C1=c2/[nH]cc/c2=C/C(C)=C/CCNC1. The van der Waals surface area contributed by atoms with Gasteiger partial charge in [-0.25, -0.2) is 0 Å². The number of hydrogen-bond acceptors (Lipinski definition) is 1. The molecule has 0 radical (unpaired) electrons. The lowest BCUT2D eigenvalue weighted by atomic mass is 10.1. The van der Waals surface area contributed by atoms with Crippen molar-refractivity contribution in [2.75, 3.05) is 13.1 Å². The first kappa shape index (κ1) is 10.2. The summed E-state index contributed by atoms with van der Waals surface area (Å²) in [6, 6.07) is 2.14. The number of aromatic nitrogens is 1. The van der Waals surface area contributed by atoms with E-state index in [1.807, 2.05) is 6.20 Å². The van der Waals surface area contributed by atoms with Gasteiger partial charge in [-0.05, 0) is 43.7 Å². The van der Waals surface area contributed by atoms with Gasteiger partial charge in [0.2, 0.25) is 0 Å². The second-order valence-electron chi connectivity index (χ2n) is 4.15. The van der Waals surface area contributed by atoms with Crippen molar-refractivity contribution < 1.29 is 0 Å². The lowest BCUT2D eigenvalue weighted by Crippen LogP contribution is -2.30. The van der Waals surface area contributed by atoms with Gasteiger partial charge in [-0.3, -0.25) is 0 Å². The minimum atomic E-state index is 0.967. The maximum atomic E-state index is 3.44. The highest BCUT2D eigenvalue weighted by molar-refractivity contribution is 5.49. The van der Waals surface area contributed by atoms with Crippen LogP contribution in [-0.2, 0) is 0 Å². The Hall–Kier alpha value is -1.28. The number of fused-ring (bicyclic) bond motifs is 1. The van der Waals surface area contributed by atoms with Crippen LogP contribution in [0.15, 0.2) is 23.9 Å². The molecule has 2 heterocycles. The van der Waals surface area contributed by atoms with E-state index in [1.54, 1.807) is 0 Å². The molecule has 0 saturated heterocycles. The summed E-state index contributed by atoms with van der Waals surface area (Å²) >= 11 is 0. The zero-order chi connectivity index (χ0) is 10.7. The van der Waals surface area contributed by atoms with Gasteiger partial charge >= 0.3 is 0 Å². The maximum Gasteiger partial charge on any atom is 0.0455 e. The first-order chi connectivity index (χ1) is 7.27. The van der Waals surface area contributed by atoms with E-state index in [1.165, 1.54) is 21.7 Å². The highest BCUT2D eigenvalue weighted by atomic mass is 14.8. The van der Waals surface area contributed by atoms with Crippen LogP contribution < -0.4 is 15.9 Å². The lowest BCUT2D eigenvalue weighted by molar-refractivity contribution is 0.757. The largest absolute Gasteiger partial charge is 0.361 e. The molecular weight excluding hydrogens is 184 g/mol. The minimum absolute atomic E-state index is 0.967. The van der Waals surface area contributed by atoms with E-state index >= 15 is 0 Å². The van der Waals surface area contributed by atoms with Crippen molar-refractivity contribution in [3.63, 3.8) is 0 Å². The standard InChI is InChI=1S/C13H18N2/c1-10-4-3-6-14-9-11(2)13-12(8-10)5-7-15-13/h4-5,7-8,14-15H,3,6,9H2,1-2H3/b10-4+,12-8-,13-11-. The minimum Gasteiger partial charge on any atom is -0.361 e. The van der Waals surface area contributed by atoms with Gasteiger partial charge in [0.25, 0.3) is 0 Å². The third kappa shape index (κ3) is 2.39. The quantitative estimate of drug-likeness (QED) is 0.643. The van der Waals surface area contributed by atoms with Crippen molar-refractivity contribution in [2.24, 2.45) is 0 Å². The Labute approximate surface area is 90.4 Å². The molecule has 2 nitrogen and oxygen atoms in total. The summed E-state index contributed by atoms with van der Waals surface area (Å²) in [5.74, 6) is 0. The summed E-state index contributed by atoms with van der Waals surface area (Å²) in [6.07, 6.45) is 7.65. The third-order valence-electron chi connectivity index (χ3n) is 2.77. The Kier molecular flexibility index (Phi) is 3.07. The molecule has 2 heteroatoms. The summed E-state index contributed by atoms with van der Waals surface area (Å²) in [7, 11) is 0. The fourth-order valence-corrected chi connectivity index (χ4v) is 1.94. The number of allylic oxidation sites excluding steroid dienone is 1. The molecule has 15 heavy (non-hydrogen) atoms. The average Bonchev–Trinajstić information content (AvgIpc) is 2.64. The molecule has 0 amide bonds. The summed E-state index contributed by atoms with van der Waals surface area (Å²) < 4.78 is 0. The molecule has 1 aliphatic rings. The van der Waals surface area contributed by atoms with E-state index in [9.17, 15) is 0 Å². The van der Waals surface area contributed by atoms with Crippen molar-refractivity contribution in [1.82, 2.24) is 10.3 Å². The molecular formula is C13H18N2. The van der Waals surface area contributed by atoms with Gasteiger partial charge in [0.15, 0.2) is 0 Å². The van der Waals surface area contributed by atoms with Crippen molar-refractivity contribution in [3.8, 4) is 0 Å². The molecule has 1 aliphatic heterocycles. The summed E-state index contributed by atoms with van der Waals surface area (Å²) in [6.45, 7) is 6.36. The molecule has 1 aromatic heterocycles. The van der Waals surface area contributed by atoms with Gasteiger partial charge in [-0.2, -0.15) is 0 Å². The smallest absolute Gasteiger partial charge is 0.0455 e. The van der Waals surface area contributed by atoms with Crippen LogP contribution in [0, 0.1) is 0 Å². The molecule has 0 atom stereocenters. The molecule has 1 aromatic rings. The van der Waals surface area contributed by atoms with E-state index in [0.717, 1.165) is 19.5 Å². The van der Waals surface area contributed by atoms with E-state index in [-0.39, 0.29) is 0 Å². The van der Waals surface area contributed by atoms with Gasteiger partial charge in [0, 0.05) is 18.1 Å². The fourth-order valence-electron chi connectivity index (χ4n) is 1.94. The maximum absolute atomic E-state index is 3.44. The van der Waals surface area contributed by atoms with E-state index in [2.05, 4.69) is 42.4 Å². The topological polar surface area (TPSA) is 27.8 Å². The van der Waals surface area contributed by atoms with Crippen molar-refractivity contribution in [3.05, 3.63) is 34.5 Å². The molecule has 80 valence electrons. The Morgan fingerprint density at radius 1 is 1.27 bits per heavy atom. The van der Waals surface area contributed by atoms with Crippen LogP contribution in [0.25, 0.3) is 11.6 Å². The Bertz CT molecular complexity index is 477. The number of H-pyrrole nitrogens is 1. The van der Waals surface area contributed by atoms with Gasteiger partial charge < -0.3 is 10.3 Å². The number of hydrogen-bond donors (Lipinski definition) is 2. The van der Waals surface area contributed by atoms with Gasteiger partial charge in [-0.1, -0.05) is 17.7 Å². The molecule has 0 aromatic carbocycles. The highest BCUT2D eigenvalue weighted by Crippen LogP contribution is 1.97. The molecule has 0 aliphatic carbocycles. The van der Waals surface area contributed by atoms with E-state index < -0.39 is 0 Å². The fraction of sp³-hybridized carbons (Fsp3) is 0.385. The summed E-state index contributed by atoms with van der Waals surface area (Å²) in [5, 5.41) is 6.00. The van der Waals surface area contributed by atoms with Crippen LogP contribution in [0.4, 0.5) is 0 Å². The number of aromatic amines is 1. The van der Waals surface area contributed by atoms with Crippen LogP contribution in [0.5, 0.6) is 0 Å². The van der Waals surface area contributed by atoms with Crippen LogP contribution in [-0.4, -0.2) is 18.1 Å². The van der Waals surface area contributed by atoms with Gasteiger partial charge in [-0.15, -0.1) is 0 Å². The monoisotopic (exact) mass is 202 g/mol. The number of nitrogens with one attached hydrogen (secondary N) is 2. The van der Waals surface area contributed by atoms with E-state index in [4.69, 9.17) is 0 Å². The predicted molar refractivity (Wildman–Crippen MR) is 64.8 cm³/mol. The van der Waals surface area contributed by atoms with Gasteiger partial charge in [0.05, 0.1) is 0 Å². The van der Waals surface area contributed by atoms with Gasteiger partial charge in [0.1, 0.15) is 0 Å². The van der Waals surface area contributed by atoms with Crippen LogP contribution in [0.1, 0.15) is 20.3 Å². The van der Waals surface area contributed by atoms with Crippen LogP contribution in [0.2, 0.25) is 0 Å². The van der Waals surface area contributed by atoms with Crippen molar-refractivity contribution in [1.29, 1.82) is 0 Å². The first-order valence-corrected chi connectivity index (χ1v) is 5.50. The molecule has 0 fully saturated rings. The molecule has 0 unspecified atom stereocenters. The second kappa shape index (κ2) is 4.49. The molecule has 2 N–H and O–H groups in total. The lowest BCUT2D eigenvalue weighted by Gasteiger charge is -2.04. The van der Waals surface area contributed by atoms with Crippen molar-refractivity contribution >= 4 is 11.6 Å². The Morgan fingerprint density at radius 2 is 2.13 bits per heavy atom. The second-order valence-corrected chi connectivity index (χ2v) is 4.15. The van der Waals surface area contributed by atoms with Crippen molar-refractivity contribution in [2.45, 2.75) is 20.3 Å². The molecule has 0 spiro atoms. The Balaban J connectivity index is 2.61. The average molecular weight is 202 g/mol. The zero-order valence-electron chi connectivity index (χ0n) is 9.43. The normalized spacial score (nSPS) is 27.1. The highest BCUT2D eigenvalue weighted by Gasteiger charge is 1.97. The third-order valence-corrected chi connectivity index (χ3v) is 2.77. The zero-order valence-corrected chi connectivity index (χ0v) is 9.43. The van der Waals surface area contributed by atoms with Crippen LogP contribution in [0.3, 0.4) is 0 Å². The Morgan fingerprint density at radius 3 is 3.00 bits per heavy atom. The molecule has 0 bridgehead atoms. The van der Waals surface area contributed by atoms with Crippen LogP contribution >= 0.6 is 0 Å². The first-order valence-electron chi connectivity index (χ1n) is 5.50. The number of rotatable bonds is 0. The summed E-state index contributed by atoms with van der Waals surface area (Å²) in [5.41, 5.74) is 2.72. The molecule has 2 rings (SSSR count).